The van der Waals surface area contributed by atoms with Gasteiger partial charge in [-0.05, 0) is 48.5 Å². The number of hydrogen-bond donors (Lipinski definition) is 1. The first-order valence-corrected chi connectivity index (χ1v) is 11.1. The Hall–Kier alpha value is -3.59. The molecule has 1 amide bonds. The van der Waals surface area contributed by atoms with Crippen molar-refractivity contribution in [2.45, 2.75) is 24.9 Å². The van der Waals surface area contributed by atoms with Gasteiger partial charge in [-0.1, -0.05) is 25.6 Å². The van der Waals surface area contributed by atoms with Crippen LogP contribution >= 0.6 is 11.8 Å². The van der Waals surface area contributed by atoms with E-state index in [0.29, 0.717) is 16.7 Å². The minimum absolute atomic E-state index is 0.134. The maximum Gasteiger partial charge on any atom is 0.234 e. The van der Waals surface area contributed by atoms with Crippen LogP contribution < -0.4 is 10.1 Å². The SMILES string of the molecule is COc1ccc(-n2cnnc2SCC(=O)Nc2ccc(-c3ncc(C(C)C)o3)cc2)cc1. The zero-order valence-corrected chi connectivity index (χ0v) is 18.8. The first kappa shape index (κ1) is 21.6. The number of methoxy groups -OCH3 is 1. The van der Waals surface area contributed by atoms with Crippen LogP contribution in [0.1, 0.15) is 25.5 Å². The van der Waals surface area contributed by atoms with E-state index in [0.717, 1.165) is 22.8 Å². The number of ether oxygens (including phenoxy) is 1. The molecule has 0 fully saturated rings. The van der Waals surface area contributed by atoms with Crippen molar-refractivity contribution in [3.05, 3.63) is 66.8 Å². The molecule has 0 aliphatic rings. The van der Waals surface area contributed by atoms with Crippen molar-refractivity contribution < 1.29 is 13.9 Å². The van der Waals surface area contributed by atoms with E-state index in [1.807, 2.05) is 53.1 Å². The Labute approximate surface area is 190 Å². The molecule has 0 bridgehead atoms. The van der Waals surface area contributed by atoms with E-state index in [-0.39, 0.29) is 17.6 Å². The van der Waals surface area contributed by atoms with E-state index >= 15 is 0 Å². The van der Waals surface area contributed by atoms with Gasteiger partial charge in [0.25, 0.3) is 0 Å². The van der Waals surface area contributed by atoms with E-state index < -0.39 is 0 Å². The summed E-state index contributed by atoms with van der Waals surface area (Å²) in [5.74, 6) is 2.53. The number of nitrogens with one attached hydrogen (secondary N) is 1. The lowest BCUT2D eigenvalue weighted by molar-refractivity contribution is -0.113. The minimum Gasteiger partial charge on any atom is -0.497 e. The molecule has 0 saturated heterocycles. The average Bonchev–Trinajstić information content (AvgIpc) is 3.48. The van der Waals surface area contributed by atoms with Gasteiger partial charge in [-0.3, -0.25) is 9.36 Å². The number of rotatable bonds is 8. The fourth-order valence-electron chi connectivity index (χ4n) is 2.95. The van der Waals surface area contributed by atoms with Crippen LogP contribution in [-0.4, -0.2) is 38.5 Å². The van der Waals surface area contributed by atoms with Gasteiger partial charge in [-0.25, -0.2) is 4.98 Å². The lowest BCUT2D eigenvalue weighted by Crippen LogP contribution is -2.14. The normalized spacial score (nSPS) is 11.0. The van der Waals surface area contributed by atoms with E-state index in [4.69, 9.17) is 9.15 Å². The lowest BCUT2D eigenvalue weighted by Gasteiger charge is -2.08. The fourth-order valence-corrected chi connectivity index (χ4v) is 3.68. The van der Waals surface area contributed by atoms with Gasteiger partial charge in [0.1, 0.15) is 17.8 Å². The molecule has 0 aliphatic heterocycles. The van der Waals surface area contributed by atoms with Gasteiger partial charge in [-0.2, -0.15) is 0 Å². The summed E-state index contributed by atoms with van der Waals surface area (Å²) < 4.78 is 12.8. The number of nitrogens with zero attached hydrogens (tertiary/aromatic N) is 4. The number of benzene rings is 2. The van der Waals surface area contributed by atoms with Crippen LogP contribution in [0.3, 0.4) is 0 Å². The summed E-state index contributed by atoms with van der Waals surface area (Å²) in [4.78, 5) is 16.8. The first-order valence-electron chi connectivity index (χ1n) is 10.1. The molecule has 4 rings (SSSR count). The quantitative estimate of drug-likeness (QED) is 0.387. The molecule has 0 aliphatic carbocycles. The number of amides is 1. The van der Waals surface area contributed by atoms with Crippen LogP contribution in [0.25, 0.3) is 17.1 Å². The van der Waals surface area contributed by atoms with Crippen molar-refractivity contribution >= 4 is 23.4 Å². The highest BCUT2D eigenvalue weighted by Crippen LogP contribution is 2.25. The third kappa shape index (κ3) is 5.00. The zero-order chi connectivity index (χ0) is 22.5. The Morgan fingerprint density at radius 1 is 1.16 bits per heavy atom. The van der Waals surface area contributed by atoms with Crippen molar-refractivity contribution in [1.82, 2.24) is 19.7 Å². The van der Waals surface area contributed by atoms with Crippen LogP contribution in [0.4, 0.5) is 5.69 Å². The molecule has 2 aromatic heterocycles. The summed E-state index contributed by atoms with van der Waals surface area (Å²) in [6.45, 7) is 4.11. The monoisotopic (exact) mass is 449 g/mol. The molecule has 0 spiro atoms. The van der Waals surface area contributed by atoms with Gasteiger partial charge in [-0.15, -0.1) is 10.2 Å². The maximum atomic E-state index is 12.4. The zero-order valence-electron chi connectivity index (χ0n) is 18.0. The molecule has 32 heavy (non-hydrogen) atoms. The highest BCUT2D eigenvalue weighted by atomic mass is 32.2. The van der Waals surface area contributed by atoms with E-state index in [9.17, 15) is 4.79 Å². The number of aromatic nitrogens is 4. The summed E-state index contributed by atoms with van der Waals surface area (Å²) in [5, 5.41) is 11.6. The molecule has 0 radical (unpaired) electrons. The number of carbonyl (C=O) groups excluding carboxylic acids is 1. The van der Waals surface area contributed by atoms with E-state index in [2.05, 4.69) is 34.3 Å². The van der Waals surface area contributed by atoms with Crippen molar-refractivity contribution in [2.24, 2.45) is 0 Å². The summed E-state index contributed by atoms with van der Waals surface area (Å²) in [5.41, 5.74) is 2.45. The van der Waals surface area contributed by atoms with Crippen molar-refractivity contribution in [1.29, 1.82) is 0 Å². The Bertz CT molecular complexity index is 1180. The molecule has 0 atom stereocenters. The second kappa shape index (κ2) is 9.69. The van der Waals surface area contributed by atoms with Gasteiger partial charge in [0.2, 0.25) is 11.8 Å². The first-order chi connectivity index (χ1) is 15.5. The number of carbonyl (C=O) groups is 1. The second-order valence-electron chi connectivity index (χ2n) is 7.32. The van der Waals surface area contributed by atoms with Crippen molar-refractivity contribution in [2.75, 3.05) is 18.2 Å². The molecular weight excluding hydrogens is 426 g/mol. The molecule has 4 aromatic rings. The Morgan fingerprint density at radius 2 is 1.91 bits per heavy atom. The molecule has 2 aromatic carbocycles. The summed E-state index contributed by atoms with van der Waals surface area (Å²) in [6, 6.07) is 15.0. The van der Waals surface area contributed by atoms with E-state index in [1.165, 1.54) is 11.8 Å². The van der Waals surface area contributed by atoms with Crippen LogP contribution in [0, 0.1) is 0 Å². The predicted octanol–water partition coefficient (Wildman–Crippen LogP) is 4.79. The highest BCUT2D eigenvalue weighted by Gasteiger charge is 2.12. The number of oxazole rings is 1. The Balaban J connectivity index is 1.35. The Morgan fingerprint density at radius 3 is 2.56 bits per heavy atom. The van der Waals surface area contributed by atoms with Crippen molar-refractivity contribution in [3.8, 4) is 22.9 Å². The number of anilines is 1. The standard InChI is InChI=1S/C23H23N5O3S/c1-15(2)20-12-24-22(31-20)16-4-6-17(7-5-16)26-21(29)13-32-23-27-25-14-28(23)18-8-10-19(30-3)11-9-18/h4-12,14-15H,13H2,1-3H3,(H,26,29). The third-order valence-corrected chi connectivity index (χ3v) is 5.65. The minimum atomic E-state index is -0.134. The van der Waals surface area contributed by atoms with Gasteiger partial charge >= 0.3 is 0 Å². The molecule has 1 N–H and O–H groups in total. The smallest absolute Gasteiger partial charge is 0.234 e. The van der Waals surface area contributed by atoms with E-state index in [1.54, 1.807) is 19.6 Å². The summed E-state index contributed by atoms with van der Waals surface area (Å²) >= 11 is 1.31. The topological polar surface area (TPSA) is 95.1 Å². The van der Waals surface area contributed by atoms with Crippen LogP contribution in [-0.2, 0) is 4.79 Å². The fraction of sp³-hybridized carbons (Fsp3) is 0.217. The molecular formula is C23H23N5O3S. The van der Waals surface area contributed by atoms with Gasteiger partial charge in [0, 0.05) is 22.9 Å². The second-order valence-corrected chi connectivity index (χ2v) is 8.26. The van der Waals surface area contributed by atoms with Gasteiger partial charge in [0.15, 0.2) is 5.16 Å². The maximum absolute atomic E-state index is 12.4. The lowest BCUT2D eigenvalue weighted by atomic mass is 10.2. The highest BCUT2D eigenvalue weighted by molar-refractivity contribution is 7.99. The van der Waals surface area contributed by atoms with Gasteiger partial charge < -0.3 is 14.5 Å². The summed E-state index contributed by atoms with van der Waals surface area (Å²) in [6.07, 6.45) is 3.37. The average molecular weight is 450 g/mol. The molecule has 0 saturated carbocycles. The van der Waals surface area contributed by atoms with Crippen LogP contribution in [0.2, 0.25) is 0 Å². The van der Waals surface area contributed by atoms with Crippen molar-refractivity contribution in [3.63, 3.8) is 0 Å². The largest absolute Gasteiger partial charge is 0.497 e. The number of thioether (sulfide) groups is 1. The van der Waals surface area contributed by atoms with Crippen LogP contribution in [0.15, 0.2) is 70.6 Å². The van der Waals surface area contributed by atoms with Crippen LogP contribution in [0.5, 0.6) is 5.75 Å². The molecule has 0 unspecified atom stereocenters. The molecule has 9 heteroatoms. The predicted molar refractivity (Wildman–Crippen MR) is 123 cm³/mol. The third-order valence-electron chi connectivity index (χ3n) is 4.71. The molecule has 2 heterocycles. The Kier molecular flexibility index (Phi) is 6.55. The molecule has 164 valence electrons. The molecule has 8 nitrogen and oxygen atoms in total. The van der Waals surface area contributed by atoms with Gasteiger partial charge in [0.05, 0.1) is 19.1 Å². The number of hydrogen-bond acceptors (Lipinski definition) is 7. The summed E-state index contributed by atoms with van der Waals surface area (Å²) in [7, 11) is 1.62.